The monoisotopic (exact) mass is 403 g/mol. The first-order valence-electron chi connectivity index (χ1n) is 8.47. The van der Waals surface area contributed by atoms with Crippen LogP contribution in [0.2, 0.25) is 0 Å². The molecule has 1 aliphatic rings. The standard InChI is InChI=1S/C18H21N5O4S/c1-18(2,3)27-17(24)21-13-5-7-14(8-6-13)23-11-19-9-12-10-20-16(22-15(12)23)28(4,25)26/h5-10H,11H2,1-4H3,(H,21,24). The number of nitrogens with one attached hydrogen (secondary N) is 1. The van der Waals surface area contributed by atoms with E-state index < -0.39 is 21.5 Å². The zero-order valence-corrected chi connectivity index (χ0v) is 16.8. The number of rotatable bonds is 3. The molecule has 148 valence electrons. The lowest BCUT2D eigenvalue weighted by Crippen LogP contribution is -2.27. The topological polar surface area (TPSA) is 114 Å². The molecule has 0 atom stereocenters. The Morgan fingerprint density at radius 3 is 2.50 bits per heavy atom. The van der Waals surface area contributed by atoms with Crippen LogP contribution >= 0.6 is 0 Å². The molecule has 3 rings (SSSR count). The molecule has 2 aromatic rings. The molecule has 1 N–H and O–H groups in total. The predicted molar refractivity (Wildman–Crippen MR) is 106 cm³/mol. The van der Waals surface area contributed by atoms with Crippen molar-refractivity contribution in [2.75, 3.05) is 23.1 Å². The Kier molecular flexibility index (Phi) is 5.07. The van der Waals surface area contributed by atoms with Crippen molar-refractivity contribution >= 4 is 39.3 Å². The number of hydrogen-bond donors (Lipinski definition) is 1. The molecule has 1 amide bonds. The van der Waals surface area contributed by atoms with E-state index >= 15 is 0 Å². The van der Waals surface area contributed by atoms with E-state index in [0.29, 0.717) is 17.1 Å². The summed E-state index contributed by atoms with van der Waals surface area (Å²) in [6, 6.07) is 6.99. The van der Waals surface area contributed by atoms with Gasteiger partial charge in [0.1, 0.15) is 18.1 Å². The van der Waals surface area contributed by atoms with E-state index in [1.165, 1.54) is 6.20 Å². The van der Waals surface area contributed by atoms with Crippen molar-refractivity contribution in [3.05, 3.63) is 36.0 Å². The molecule has 0 fully saturated rings. The number of anilines is 3. The Morgan fingerprint density at radius 2 is 1.89 bits per heavy atom. The van der Waals surface area contributed by atoms with Crippen LogP contribution in [-0.2, 0) is 14.6 Å². The second-order valence-corrected chi connectivity index (χ2v) is 9.17. The summed E-state index contributed by atoms with van der Waals surface area (Å²) in [5.41, 5.74) is 1.34. The highest BCUT2D eigenvalue weighted by Crippen LogP contribution is 2.29. The van der Waals surface area contributed by atoms with E-state index in [2.05, 4.69) is 20.3 Å². The molecule has 0 unspecified atom stereocenters. The first-order valence-corrected chi connectivity index (χ1v) is 10.4. The van der Waals surface area contributed by atoms with Crippen molar-refractivity contribution in [3.63, 3.8) is 0 Å². The van der Waals surface area contributed by atoms with E-state index in [-0.39, 0.29) is 11.8 Å². The molecule has 0 aliphatic carbocycles. The summed E-state index contributed by atoms with van der Waals surface area (Å²) in [4.78, 5) is 26.0. The molecule has 0 saturated heterocycles. The van der Waals surface area contributed by atoms with Crippen LogP contribution < -0.4 is 10.2 Å². The van der Waals surface area contributed by atoms with E-state index in [9.17, 15) is 13.2 Å². The van der Waals surface area contributed by atoms with E-state index in [4.69, 9.17) is 4.74 Å². The highest BCUT2D eigenvalue weighted by Gasteiger charge is 2.22. The molecule has 1 aliphatic heterocycles. The van der Waals surface area contributed by atoms with E-state index in [1.54, 1.807) is 56.2 Å². The normalized spacial score (nSPS) is 13.8. The average Bonchev–Trinajstić information content (AvgIpc) is 2.59. The van der Waals surface area contributed by atoms with Crippen LogP contribution in [0, 0.1) is 0 Å². The van der Waals surface area contributed by atoms with E-state index in [0.717, 1.165) is 11.9 Å². The minimum atomic E-state index is -3.53. The minimum Gasteiger partial charge on any atom is -0.444 e. The highest BCUT2D eigenvalue weighted by molar-refractivity contribution is 7.90. The fraction of sp³-hybridized carbons (Fsp3) is 0.333. The first kappa shape index (κ1) is 19.7. The third-order valence-electron chi connectivity index (χ3n) is 3.64. The second kappa shape index (κ2) is 7.19. The zero-order valence-electron chi connectivity index (χ0n) is 16.0. The molecule has 28 heavy (non-hydrogen) atoms. The molecule has 0 saturated carbocycles. The summed E-state index contributed by atoms with van der Waals surface area (Å²) in [5.74, 6) is 0.457. The molecule has 10 heteroatoms. The number of hydrogen-bond acceptors (Lipinski definition) is 8. The quantitative estimate of drug-likeness (QED) is 0.784. The van der Waals surface area contributed by atoms with Gasteiger partial charge in [-0.05, 0) is 45.0 Å². The minimum absolute atomic E-state index is 0.241. The van der Waals surface area contributed by atoms with Crippen LogP contribution in [0.3, 0.4) is 0 Å². The number of aromatic nitrogens is 2. The Morgan fingerprint density at radius 1 is 1.21 bits per heavy atom. The summed E-state index contributed by atoms with van der Waals surface area (Å²) in [6.45, 7) is 5.65. The Balaban J connectivity index is 1.84. The number of carbonyl (C=O) groups is 1. The third-order valence-corrected chi connectivity index (χ3v) is 4.50. The summed E-state index contributed by atoms with van der Waals surface area (Å²) in [6.07, 6.45) is 3.56. The van der Waals surface area contributed by atoms with Crippen LogP contribution in [0.1, 0.15) is 26.3 Å². The molecule has 2 heterocycles. The summed E-state index contributed by atoms with van der Waals surface area (Å²) < 4.78 is 28.8. The van der Waals surface area contributed by atoms with Gasteiger partial charge in [-0.1, -0.05) is 0 Å². The lowest BCUT2D eigenvalue weighted by atomic mass is 10.2. The number of benzene rings is 1. The van der Waals surface area contributed by atoms with Crippen molar-refractivity contribution in [1.29, 1.82) is 0 Å². The molecule has 0 bridgehead atoms. The smallest absolute Gasteiger partial charge is 0.412 e. The third kappa shape index (κ3) is 4.63. The second-order valence-electron chi connectivity index (χ2n) is 7.26. The van der Waals surface area contributed by atoms with Gasteiger partial charge in [0.2, 0.25) is 15.0 Å². The van der Waals surface area contributed by atoms with Gasteiger partial charge in [-0.3, -0.25) is 10.3 Å². The Labute approximate surface area is 163 Å². The molecular formula is C18H21N5O4S. The van der Waals surface area contributed by atoms with Crippen molar-refractivity contribution < 1.29 is 17.9 Å². The molecule has 9 nitrogen and oxygen atoms in total. The fourth-order valence-electron chi connectivity index (χ4n) is 2.49. The number of sulfone groups is 1. The van der Waals surface area contributed by atoms with Crippen LogP contribution in [0.15, 0.2) is 40.6 Å². The number of ether oxygens (including phenoxy) is 1. The highest BCUT2D eigenvalue weighted by atomic mass is 32.2. The Hall–Kier alpha value is -3.01. The van der Waals surface area contributed by atoms with Crippen LogP contribution in [-0.4, -0.2) is 49.2 Å². The van der Waals surface area contributed by atoms with Gasteiger partial charge < -0.3 is 9.64 Å². The Bertz CT molecular complexity index is 1030. The molecule has 1 aromatic carbocycles. The number of aliphatic imine (C=N–C) groups is 1. The SMILES string of the molecule is CC(C)(C)OC(=O)Nc1ccc(N2CN=Cc3cnc(S(C)(=O)=O)nc32)cc1. The van der Waals surface area contributed by atoms with E-state index in [1.807, 2.05) is 0 Å². The lowest BCUT2D eigenvalue weighted by Gasteiger charge is -2.26. The van der Waals surface area contributed by atoms with Gasteiger partial charge in [0.15, 0.2) is 0 Å². The fourth-order valence-corrected chi connectivity index (χ4v) is 2.99. The maximum Gasteiger partial charge on any atom is 0.412 e. The van der Waals surface area contributed by atoms with Gasteiger partial charge in [-0.25, -0.2) is 18.2 Å². The van der Waals surface area contributed by atoms with Gasteiger partial charge in [-0.15, -0.1) is 0 Å². The van der Waals surface area contributed by atoms with Crippen molar-refractivity contribution in [3.8, 4) is 0 Å². The van der Waals surface area contributed by atoms with Gasteiger partial charge in [0.25, 0.3) is 0 Å². The van der Waals surface area contributed by atoms with Crippen molar-refractivity contribution in [2.24, 2.45) is 4.99 Å². The predicted octanol–water partition coefficient (Wildman–Crippen LogP) is 2.76. The molecular weight excluding hydrogens is 382 g/mol. The molecule has 0 spiro atoms. The van der Waals surface area contributed by atoms with Gasteiger partial charge >= 0.3 is 6.09 Å². The number of amides is 1. The number of nitrogens with zero attached hydrogens (tertiary/aromatic N) is 4. The maximum absolute atomic E-state index is 11.9. The largest absolute Gasteiger partial charge is 0.444 e. The molecule has 1 aromatic heterocycles. The van der Waals surface area contributed by atoms with Crippen LogP contribution in [0.5, 0.6) is 0 Å². The summed E-state index contributed by atoms with van der Waals surface area (Å²) in [5, 5.41) is 2.42. The number of carbonyl (C=O) groups excluding carboxylic acids is 1. The summed E-state index contributed by atoms with van der Waals surface area (Å²) >= 11 is 0. The summed E-state index contributed by atoms with van der Waals surface area (Å²) in [7, 11) is -3.53. The van der Waals surface area contributed by atoms with Crippen molar-refractivity contribution in [2.45, 2.75) is 31.5 Å². The van der Waals surface area contributed by atoms with Crippen molar-refractivity contribution in [1.82, 2.24) is 9.97 Å². The van der Waals surface area contributed by atoms with Gasteiger partial charge in [0, 0.05) is 30.0 Å². The maximum atomic E-state index is 11.9. The van der Waals surface area contributed by atoms with Gasteiger partial charge in [0.05, 0.1) is 5.56 Å². The average molecular weight is 403 g/mol. The number of fused-ring (bicyclic) bond motifs is 1. The first-order chi connectivity index (χ1) is 13.0. The van der Waals surface area contributed by atoms with Gasteiger partial charge in [-0.2, -0.15) is 4.98 Å². The zero-order chi connectivity index (χ0) is 20.5. The van der Waals surface area contributed by atoms with Crippen LogP contribution in [0.25, 0.3) is 0 Å². The van der Waals surface area contributed by atoms with Crippen LogP contribution in [0.4, 0.5) is 22.0 Å². The lowest BCUT2D eigenvalue weighted by molar-refractivity contribution is 0.0636. The molecule has 0 radical (unpaired) electrons.